The third-order valence-electron chi connectivity index (χ3n) is 4.17. The van der Waals surface area contributed by atoms with Crippen molar-refractivity contribution in [2.24, 2.45) is 5.92 Å². The molecule has 5 heteroatoms. The van der Waals surface area contributed by atoms with E-state index in [0.29, 0.717) is 30.0 Å². The highest BCUT2D eigenvalue weighted by molar-refractivity contribution is 5.74. The fraction of sp³-hybridized carbons (Fsp3) is 0.588. The first-order chi connectivity index (χ1) is 10.6. The van der Waals surface area contributed by atoms with Gasteiger partial charge in [-0.2, -0.15) is 0 Å². The van der Waals surface area contributed by atoms with Crippen LogP contribution in [0.1, 0.15) is 38.2 Å². The van der Waals surface area contributed by atoms with E-state index in [1.54, 1.807) is 14.2 Å². The fourth-order valence-electron chi connectivity index (χ4n) is 2.97. The molecule has 0 aliphatic heterocycles. The molecule has 0 spiro atoms. The van der Waals surface area contributed by atoms with Gasteiger partial charge in [-0.25, -0.2) is 4.79 Å². The third-order valence-corrected chi connectivity index (χ3v) is 4.17. The molecule has 2 rings (SSSR count). The molecule has 0 aromatic heterocycles. The summed E-state index contributed by atoms with van der Waals surface area (Å²) in [5.74, 6) is 2.06. The highest BCUT2D eigenvalue weighted by Gasteiger charge is 2.20. The van der Waals surface area contributed by atoms with Gasteiger partial charge in [0.05, 0.1) is 14.2 Å². The molecule has 2 atom stereocenters. The van der Waals surface area contributed by atoms with E-state index in [9.17, 15) is 4.79 Å². The van der Waals surface area contributed by atoms with Crippen LogP contribution in [0.25, 0.3) is 0 Å². The number of rotatable bonds is 5. The van der Waals surface area contributed by atoms with Gasteiger partial charge in [-0.1, -0.05) is 25.8 Å². The summed E-state index contributed by atoms with van der Waals surface area (Å²) in [6, 6.07) is 5.84. The summed E-state index contributed by atoms with van der Waals surface area (Å²) in [7, 11) is 3.21. The van der Waals surface area contributed by atoms with Gasteiger partial charge >= 0.3 is 6.03 Å². The van der Waals surface area contributed by atoms with Gasteiger partial charge in [-0.15, -0.1) is 0 Å². The van der Waals surface area contributed by atoms with Gasteiger partial charge < -0.3 is 20.1 Å². The lowest BCUT2D eigenvalue weighted by Crippen LogP contribution is -2.43. The normalized spacial score (nSPS) is 21.0. The summed E-state index contributed by atoms with van der Waals surface area (Å²) >= 11 is 0. The molecule has 22 heavy (non-hydrogen) atoms. The Morgan fingerprint density at radius 1 is 1.23 bits per heavy atom. The second-order valence-electron chi connectivity index (χ2n) is 5.99. The summed E-state index contributed by atoms with van der Waals surface area (Å²) in [6.45, 7) is 2.71. The molecule has 1 aromatic rings. The van der Waals surface area contributed by atoms with Crippen LogP contribution in [0, 0.1) is 5.92 Å². The Labute approximate surface area is 132 Å². The van der Waals surface area contributed by atoms with E-state index in [0.717, 1.165) is 18.4 Å². The van der Waals surface area contributed by atoms with Crippen LogP contribution in [0.15, 0.2) is 18.2 Å². The zero-order valence-electron chi connectivity index (χ0n) is 13.6. The summed E-state index contributed by atoms with van der Waals surface area (Å²) in [6.07, 6.45) is 4.62. The van der Waals surface area contributed by atoms with Crippen LogP contribution < -0.4 is 20.1 Å². The Kier molecular flexibility index (Phi) is 5.92. The highest BCUT2D eigenvalue weighted by Crippen LogP contribution is 2.27. The Balaban J connectivity index is 1.83. The third kappa shape index (κ3) is 4.55. The fourth-order valence-corrected chi connectivity index (χ4v) is 2.97. The molecule has 1 fully saturated rings. The van der Waals surface area contributed by atoms with Gasteiger partial charge in [0, 0.05) is 12.6 Å². The van der Waals surface area contributed by atoms with E-state index in [2.05, 4.69) is 17.6 Å². The van der Waals surface area contributed by atoms with E-state index < -0.39 is 0 Å². The topological polar surface area (TPSA) is 59.6 Å². The number of benzene rings is 1. The zero-order chi connectivity index (χ0) is 15.9. The van der Waals surface area contributed by atoms with Crippen LogP contribution in [-0.2, 0) is 6.54 Å². The van der Waals surface area contributed by atoms with Crippen molar-refractivity contribution in [1.82, 2.24) is 10.6 Å². The second kappa shape index (κ2) is 7.92. The smallest absolute Gasteiger partial charge is 0.315 e. The minimum Gasteiger partial charge on any atom is -0.493 e. The predicted octanol–water partition coefficient (Wildman–Crippen LogP) is 3.08. The standard InChI is InChI=1S/C17H26N2O3/c1-12-5-4-6-14(9-12)19-17(20)18-11-13-7-8-15(21-2)16(10-13)22-3/h7-8,10,12,14H,4-6,9,11H2,1-3H3,(H2,18,19,20). The van der Waals surface area contributed by atoms with Crippen LogP contribution in [0.2, 0.25) is 0 Å². The zero-order valence-corrected chi connectivity index (χ0v) is 13.6. The monoisotopic (exact) mass is 306 g/mol. The molecule has 2 amide bonds. The van der Waals surface area contributed by atoms with Crippen LogP contribution in [0.5, 0.6) is 11.5 Å². The van der Waals surface area contributed by atoms with Gasteiger partial charge in [0.1, 0.15) is 0 Å². The van der Waals surface area contributed by atoms with Crippen molar-refractivity contribution in [3.63, 3.8) is 0 Å². The lowest BCUT2D eigenvalue weighted by atomic mass is 9.87. The van der Waals surface area contributed by atoms with E-state index in [1.807, 2.05) is 18.2 Å². The molecule has 0 saturated heterocycles. The lowest BCUT2D eigenvalue weighted by molar-refractivity contribution is 0.227. The van der Waals surface area contributed by atoms with Crippen LogP contribution >= 0.6 is 0 Å². The maximum Gasteiger partial charge on any atom is 0.315 e. The van der Waals surface area contributed by atoms with E-state index in [4.69, 9.17) is 9.47 Å². The average molecular weight is 306 g/mol. The van der Waals surface area contributed by atoms with E-state index in [-0.39, 0.29) is 6.03 Å². The van der Waals surface area contributed by atoms with Crippen molar-refractivity contribution in [1.29, 1.82) is 0 Å². The van der Waals surface area contributed by atoms with Crippen molar-refractivity contribution >= 4 is 6.03 Å². The summed E-state index contributed by atoms with van der Waals surface area (Å²) < 4.78 is 10.5. The first-order valence-corrected chi connectivity index (χ1v) is 7.87. The molecule has 0 heterocycles. The first kappa shape index (κ1) is 16.5. The van der Waals surface area contributed by atoms with Crippen LogP contribution in [0.3, 0.4) is 0 Å². The van der Waals surface area contributed by atoms with Crippen molar-refractivity contribution in [3.8, 4) is 11.5 Å². The second-order valence-corrected chi connectivity index (χ2v) is 5.99. The van der Waals surface area contributed by atoms with Crippen LogP contribution in [0.4, 0.5) is 4.79 Å². The van der Waals surface area contributed by atoms with Crippen molar-refractivity contribution in [2.75, 3.05) is 14.2 Å². The molecular weight excluding hydrogens is 280 g/mol. The summed E-state index contributed by atoms with van der Waals surface area (Å²) in [4.78, 5) is 12.0. The van der Waals surface area contributed by atoms with Gasteiger partial charge in [-0.05, 0) is 36.5 Å². The number of hydrogen-bond donors (Lipinski definition) is 2. The molecule has 2 unspecified atom stereocenters. The number of urea groups is 1. The van der Waals surface area contributed by atoms with E-state index in [1.165, 1.54) is 12.8 Å². The number of methoxy groups -OCH3 is 2. The van der Waals surface area contributed by atoms with Gasteiger partial charge in [0.15, 0.2) is 11.5 Å². The molecule has 1 saturated carbocycles. The Morgan fingerprint density at radius 3 is 2.68 bits per heavy atom. The maximum absolute atomic E-state index is 12.0. The Hall–Kier alpha value is -1.91. The maximum atomic E-state index is 12.0. The molecular formula is C17H26N2O3. The van der Waals surface area contributed by atoms with E-state index >= 15 is 0 Å². The number of carbonyl (C=O) groups excluding carboxylic acids is 1. The number of carbonyl (C=O) groups is 1. The molecule has 122 valence electrons. The minimum atomic E-state index is -0.103. The van der Waals surface area contributed by atoms with Crippen LogP contribution in [-0.4, -0.2) is 26.3 Å². The highest BCUT2D eigenvalue weighted by atomic mass is 16.5. The molecule has 1 aromatic carbocycles. The van der Waals surface area contributed by atoms with Gasteiger partial charge in [-0.3, -0.25) is 0 Å². The van der Waals surface area contributed by atoms with Gasteiger partial charge in [0.25, 0.3) is 0 Å². The predicted molar refractivity (Wildman–Crippen MR) is 86.3 cm³/mol. The molecule has 1 aliphatic rings. The molecule has 1 aliphatic carbocycles. The lowest BCUT2D eigenvalue weighted by Gasteiger charge is -2.27. The molecule has 2 N–H and O–H groups in total. The number of ether oxygens (including phenoxy) is 2. The Morgan fingerprint density at radius 2 is 2.00 bits per heavy atom. The number of hydrogen-bond acceptors (Lipinski definition) is 3. The summed E-state index contributed by atoms with van der Waals surface area (Å²) in [5.41, 5.74) is 0.977. The largest absolute Gasteiger partial charge is 0.493 e. The summed E-state index contributed by atoms with van der Waals surface area (Å²) in [5, 5.41) is 5.97. The Bertz CT molecular complexity index is 505. The number of nitrogens with one attached hydrogen (secondary N) is 2. The quantitative estimate of drug-likeness (QED) is 0.879. The molecule has 5 nitrogen and oxygen atoms in total. The first-order valence-electron chi connectivity index (χ1n) is 7.87. The average Bonchev–Trinajstić information content (AvgIpc) is 2.52. The molecule has 0 radical (unpaired) electrons. The number of amides is 2. The van der Waals surface area contributed by atoms with Gasteiger partial charge in [0.2, 0.25) is 0 Å². The van der Waals surface area contributed by atoms with Crippen molar-refractivity contribution in [3.05, 3.63) is 23.8 Å². The minimum absolute atomic E-state index is 0.103. The molecule has 0 bridgehead atoms. The van der Waals surface area contributed by atoms with Crippen molar-refractivity contribution < 1.29 is 14.3 Å². The van der Waals surface area contributed by atoms with Crippen molar-refractivity contribution in [2.45, 2.75) is 45.2 Å². The SMILES string of the molecule is COc1ccc(CNC(=O)NC2CCCC(C)C2)cc1OC.